The van der Waals surface area contributed by atoms with Gasteiger partial charge in [-0.15, -0.1) is 0 Å². The van der Waals surface area contributed by atoms with E-state index in [9.17, 15) is 9.59 Å². The lowest BCUT2D eigenvalue weighted by molar-refractivity contribution is -0.137. The molecule has 20 heavy (non-hydrogen) atoms. The Hall–Kier alpha value is -2.08. The zero-order valence-corrected chi connectivity index (χ0v) is 11.7. The zero-order chi connectivity index (χ0) is 15.0. The highest BCUT2D eigenvalue weighted by molar-refractivity contribution is 5.95. The molecular formula is C14H19NO5. The molecule has 1 amide bonds. The van der Waals surface area contributed by atoms with Crippen molar-refractivity contribution >= 4 is 11.9 Å². The molecule has 6 heteroatoms. The number of aliphatic carboxylic acids is 1. The van der Waals surface area contributed by atoms with Crippen LogP contribution in [-0.4, -0.2) is 55.8 Å². The van der Waals surface area contributed by atoms with Crippen molar-refractivity contribution in [1.82, 2.24) is 4.90 Å². The first kappa shape index (κ1) is 16.0. The molecule has 0 saturated carbocycles. The predicted octanol–water partition coefficient (Wildman–Crippen LogP) is 1.26. The number of benzene rings is 1. The van der Waals surface area contributed by atoms with Gasteiger partial charge in [0.25, 0.3) is 5.91 Å². The molecule has 0 atom stereocenters. The number of rotatable bonds is 8. The average Bonchev–Trinajstić information content (AvgIpc) is 2.43. The third kappa shape index (κ3) is 5.27. The number of amides is 1. The number of ether oxygens (including phenoxy) is 2. The number of carboxylic acid groups (broad SMARTS) is 1. The SMILES string of the molecule is COCCCOc1ccc(C(=O)N(C)CC(=O)O)cc1. The maximum Gasteiger partial charge on any atom is 0.323 e. The molecule has 0 bridgehead atoms. The van der Waals surface area contributed by atoms with Crippen LogP contribution >= 0.6 is 0 Å². The largest absolute Gasteiger partial charge is 0.494 e. The van der Waals surface area contributed by atoms with E-state index in [4.69, 9.17) is 14.6 Å². The smallest absolute Gasteiger partial charge is 0.323 e. The standard InChI is InChI=1S/C14H19NO5/c1-15(10-13(16)17)14(18)11-4-6-12(7-5-11)20-9-3-8-19-2/h4-7H,3,8-10H2,1-2H3,(H,16,17). The van der Waals surface area contributed by atoms with E-state index in [2.05, 4.69) is 0 Å². The molecule has 0 aliphatic carbocycles. The van der Waals surface area contributed by atoms with Gasteiger partial charge in [-0.2, -0.15) is 0 Å². The second-order valence-corrected chi connectivity index (χ2v) is 4.27. The highest BCUT2D eigenvalue weighted by Gasteiger charge is 2.14. The number of carbonyl (C=O) groups is 2. The monoisotopic (exact) mass is 281 g/mol. The quantitative estimate of drug-likeness (QED) is 0.726. The van der Waals surface area contributed by atoms with Crippen LogP contribution < -0.4 is 4.74 Å². The number of likely N-dealkylation sites (N-methyl/N-ethyl adjacent to an activating group) is 1. The van der Waals surface area contributed by atoms with Crippen molar-refractivity contribution in [3.05, 3.63) is 29.8 Å². The Morgan fingerprint density at radius 1 is 1.20 bits per heavy atom. The molecule has 0 saturated heterocycles. The van der Waals surface area contributed by atoms with E-state index < -0.39 is 5.97 Å². The maximum atomic E-state index is 11.9. The van der Waals surface area contributed by atoms with Gasteiger partial charge >= 0.3 is 5.97 Å². The molecule has 0 radical (unpaired) electrons. The Morgan fingerprint density at radius 2 is 1.85 bits per heavy atom. The van der Waals surface area contributed by atoms with E-state index in [0.29, 0.717) is 24.5 Å². The first-order valence-electron chi connectivity index (χ1n) is 6.23. The average molecular weight is 281 g/mol. The fourth-order valence-electron chi connectivity index (χ4n) is 1.58. The van der Waals surface area contributed by atoms with Crippen molar-refractivity contribution in [3.8, 4) is 5.75 Å². The zero-order valence-electron chi connectivity index (χ0n) is 11.7. The van der Waals surface area contributed by atoms with Crippen molar-refractivity contribution in [2.24, 2.45) is 0 Å². The topological polar surface area (TPSA) is 76.1 Å². The molecule has 0 aliphatic rings. The third-order valence-electron chi connectivity index (χ3n) is 2.58. The molecular weight excluding hydrogens is 262 g/mol. The van der Waals surface area contributed by atoms with Crippen molar-refractivity contribution in [2.45, 2.75) is 6.42 Å². The molecule has 1 aromatic carbocycles. The van der Waals surface area contributed by atoms with Gasteiger partial charge in [0, 0.05) is 32.7 Å². The molecule has 0 unspecified atom stereocenters. The van der Waals surface area contributed by atoms with Gasteiger partial charge in [-0.3, -0.25) is 9.59 Å². The van der Waals surface area contributed by atoms with Gasteiger partial charge in [0.05, 0.1) is 6.61 Å². The lowest BCUT2D eigenvalue weighted by atomic mass is 10.2. The number of nitrogens with zero attached hydrogens (tertiary/aromatic N) is 1. The Labute approximate surface area is 117 Å². The van der Waals surface area contributed by atoms with Crippen LogP contribution in [0.1, 0.15) is 16.8 Å². The van der Waals surface area contributed by atoms with E-state index in [1.165, 1.54) is 7.05 Å². The summed E-state index contributed by atoms with van der Waals surface area (Å²) in [4.78, 5) is 23.6. The highest BCUT2D eigenvalue weighted by atomic mass is 16.5. The number of carbonyl (C=O) groups excluding carboxylic acids is 1. The van der Waals surface area contributed by atoms with Crippen LogP contribution in [0.5, 0.6) is 5.75 Å². The molecule has 0 fully saturated rings. The van der Waals surface area contributed by atoms with Gasteiger partial charge in [0.2, 0.25) is 0 Å². The normalized spacial score (nSPS) is 10.1. The summed E-state index contributed by atoms with van der Waals surface area (Å²) in [6.07, 6.45) is 0.790. The lowest BCUT2D eigenvalue weighted by Gasteiger charge is -2.14. The van der Waals surface area contributed by atoms with Crippen LogP contribution in [-0.2, 0) is 9.53 Å². The van der Waals surface area contributed by atoms with Crippen LogP contribution in [0, 0.1) is 0 Å². The molecule has 1 N–H and O–H groups in total. The molecule has 6 nitrogen and oxygen atoms in total. The summed E-state index contributed by atoms with van der Waals surface area (Å²) in [6.45, 7) is 0.852. The molecule has 0 aromatic heterocycles. The summed E-state index contributed by atoms with van der Waals surface area (Å²) < 4.78 is 10.4. The minimum absolute atomic E-state index is 0.325. The Bertz CT molecular complexity index is 443. The molecule has 0 heterocycles. The predicted molar refractivity (Wildman–Crippen MR) is 73.0 cm³/mol. The van der Waals surface area contributed by atoms with E-state index in [1.54, 1.807) is 31.4 Å². The number of hydrogen-bond acceptors (Lipinski definition) is 4. The Morgan fingerprint density at radius 3 is 2.40 bits per heavy atom. The Kier molecular flexibility index (Phi) is 6.52. The summed E-state index contributed by atoms with van der Waals surface area (Å²) in [5.41, 5.74) is 0.429. The summed E-state index contributed by atoms with van der Waals surface area (Å²) in [5, 5.41) is 8.64. The molecule has 1 aromatic rings. The van der Waals surface area contributed by atoms with E-state index >= 15 is 0 Å². The van der Waals surface area contributed by atoms with Gasteiger partial charge < -0.3 is 19.5 Å². The molecule has 0 aliphatic heterocycles. The van der Waals surface area contributed by atoms with Crippen LogP contribution in [0.3, 0.4) is 0 Å². The van der Waals surface area contributed by atoms with Crippen LogP contribution in [0.2, 0.25) is 0 Å². The minimum atomic E-state index is -1.04. The van der Waals surface area contributed by atoms with Crippen LogP contribution in [0.15, 0.2) is 24.3 Å². The second kappa shape index (κ2) is 8.16. The summed E-state index contributed by atoms with van der Waals surface area (Å²) in [5.74, 6) is -0.712. The molecule has 1 rings (SSSR count). The van der Waals surface area contributed by atoms with Crippen molar-refractivity contribution < 1.29 is 24.2 Å². The first-order valence-corrected chi connectivity index (χ1v) is 6.23. The maximum absolute atomic E-state index is 11.9. The first-order chi connectivity index (χ1) is 9.54. The second-order valence-electron chi connectivity index (χ2n) is 4.27. The van der Waals surface area contributed by atoms with Crippen LogP contribution in [0.25, 0.3) is 0 Å². The van der Waals surface area contributed by atoms with Gasteiger partial charge in [-0.05, 0) is 24.3 Å². The van der Waals surface area contributed by atoms with Gasteiger partial charge in [0.15, 0.2) is 0 Å². The lowest BCUT2D eigenvalue weighted by Crippen LogP contribution is -2.31. The fraction of sp³-hybridized carbons (Fsp3) is 0.429. The number of carboxylic acids is 1. The van der Waals surface area contributed by atoms with Gasteiger partial charge in [-0.25, -0.2) is 0 Å². The van der Waals surface area contributed by atoms with Crippen LogP contribution in [0.4, 0.5) is 0 Å². The molecule has 110 valence electrons. The van der Waals surface area contributed by atoms with E-state index in [0.717, 1.165) is 11.3 Å². The molecule has 0 spiro atoms. The van der Waals surface area contributed by atoms with E-state index in [1.807, 2.05) is 0 Å². The summed E-state index contributed by atoms with van der Waals surface area (Å²) in [6, 6.07) is 6.61. The van der Waals surface area contributed by atoms with Crippen molar-refractivity contribution in [2.75, 3.05) is 33.9 Å². The Balaban J connectivity index is 2.53. The number of hydrogen-bond donors (Lipinski definition) is 1. The van der Waals surface area contributed by atoms with Crippen molar-refractivity contribution in [1.29, 1.82) is 0 Å². The summed E-state index contributed by atoms with van der Waals surface area (Å²) >= 11 is 0. The van der Waals surface area contributed by atoms with Crippen molar-refractivity contribution in [3.63, 3.8) is 0 Å². The minimum Gasteiger partial charge on any atom is -0.494 e. The van der Waals surface area contributed by atoms with E-state index in [-0.39, 0.29) is 12.5 Å². The summed E-state index contributed by atoms with van der Waals surface area (Å²) in [7, 11) is 3.08. The highest BCUT2D eigenvalue weighted by Crippen LogP contribution is 2.13. The van der Waals surface area contributed by atoms with Gasteiger partial charge in [0.1, 0.15) is 12.3 Å². The van der Waals surface area contributed by atoms with Gasteiger partial charge in [-0.1, -0.05) is 0 Å². The number of methoxy groups -OCH3 is 1. The fourth-order valence-corrected chi connectivity index (χ4v) is 1.58. The third-order valence-corrected chi connectivity index (χ3v) is 2.58.